The van der Waals surface area contributed by atoms with Gasteiger partial charge >= 0.3 is 0 Å². The highest BCUT2D eigenvalue weighted by atomic mass is 16.5. The fourth-order valence-electron chi connectivity index (χ4n) is 1.84. The van der Waals surface area contributed by atoms with Crippen LogP contribution in [0.1, 0.15) is 24.2 Å². The third kappa shape index (κ3) is 4.13. The summed E-state index contributed by atoms with van der Waals surface area (Å²) in [6.45, 7) is 6.62. The van der Waals surface area contributed by atoms with Gasteiger partial charge in [0.2, 0.25) is 0 Å². The first-order valence-corrected chi connectivity index (χ1v) is 6.55. The number of carbonyl (C=O) groups is 1. The van der Waals surface area contributed by atoms with E-state index in [0.29, 0.717) is 37.5 Å². The van der Waals surface area contributed by atoms with Crippen LogP contribution in [0.15, 0.2) is 18.2 Å². The van der Waals surface area contributed by atoms with Crippen LogP contribution in [0.25, 0.3) is 0 Å². The zero-order valence-electron chi connectivity index (χ0n) is 11.9. The maximum Gasteiger partial charge on any atom is 0.253 e. The molecule has 1 amide bonds. The molecule has 5 heteroatoms. The van der Waals surface area contributed by atoms with E-state index < -0.39 is 0 Å². The predicted octanol–water partition coefficient (Wildman–Crippen LogP) is 1.81. The molecule has 0 atom stereocenters. The van der Waals surface area contributed by atoms with Crippen molar-refractivity contribution < 1.29 is 9.53 Å². The Morgan fingerprint density at radius 1 is 1.37 bits per heavy atom. The van der Waals surface area contributed by atoms with Crippen LogP contribution in [-0.2, 0) is 4.74 Å². The van der Waals surface area contributed by atoms with E-state index in [1.54, 1.807) is 24.1 Å². The van der Waals surface area contributed by atoms with Crippen LogP contribution >= 0.6 is 0 Å². The first-order valence-electron chi connectivity index (χ1n) is 6.55. The van der Waals surface area contributed by atoms with E-state index >= 15 is 0 Å². The van der Waals surface area contributed by atoms with E-state index in [0.717, 1.165) is 5.69 Å². The summed E-state index contributed by atoms with van der Waals surface area (Å²) in [6, 6.07) is 5.35. The Hall–Kier alpha value is -1.75. The zero-order chi connectivity index (χ0) is 14.3. The molecule has 0 fully saturated rings. The van der Waals surface area contributed by atoms with Crippen molar-refractivity contribution in [2.45, 2.75) is 13.8 Å². The molecule has 0 aliphatic rings. The molecule has 3 N–H and O–H groups in total. The van der Waals surface area contributed by atoms with Gasteiger partial charge < -0.3 is 20.7 Å². The quantitative estimate of drug-likeness (QED) is 0.583. The van der Waals surface area contributed by atoms with Crippen LogP contribution in [0, 0.1) is 0 Å². The summed E-state index contributed by atoms with van der Waals surface area (Å²) in [6.07, 6.45) is 0. The number of nitrogens with two attached hydrogens (primary N) is 1. The highest BCUT2D eigenvalue weighted by Crippen LogP contribution is 2.20. The number of hydrogen-bond acceptors (Lipinski definition) is 4. The van der Waals surface area contributed by atoms with Crippen molar-refractivity contribution in [3.05, 3.63) is 23.8 Å². The van der Waals surface area contributed by atoms with Crippen molar-refractivity contribution in [1.29, 1.82) is 0 Å². The number of rotatable bonds is 7. The molecule has 0 bridgehead atoms. The highest BCUT2D eigenvalue weighted by Gasteiger charge is 2.13. The first kappa shape index (κ1) is 15.3. The van der Waals surface area contributed by atoms with Crippen LogP contribution in [-0.4, -0.2) is 44.2 Å². The number of nitrogen functional groups attached to an aromatic ring is 1. The van der Waals surface area contributed by atoms with Crippen molar-refractivity contribution in [3.63, 3.8) is 0 Å². The molecule has 0 radical (unpaired) electrons. The summed E-state index contributed by atoms with van der Waals surface area (Å²) in [4.78, 5) is 13.9. The molecule has 106 valence electrons. The number of anilines is 2. The molecule has 0 aliphatic carbocycles. The molecule has 0 saturated carbocycles. The first-order chi connectivity index (χ1) is 9.13. The van der Waals surface area contributed by atoms with E-state index in [-0.39, 0.29) is 5.91 Å². The topological polar surface area (TPSA) is 67.6 Å². The lowest BCUT2D eigenvalue weighted by Gasteiger charge is -2.19. The van der Waals surface area contributed by atoms with Crippen molar-refractivity contribution in [1.82, 2.24) is 4.90 Å². The lowest BCUT2D eigenvalue weighted by atomic mass is 10.1. The van der Waals surface area contributed by atoms with E-state index in [2.05, 4.69) is 5.32 Å². The van der Waals surface area contributed by atoms with Crippen LogP contribution in [0.5, 0.6) is 0 Å². The Morgan fingerprint density at radius 3 is 2.58 bits per heavy atom. The molecule has 0 saturated heterocycles. The van der Waals surface area contributed by atoms with Gasteiger partial charge in [0.15, 0.2) is 0 Å². The highest BCUT2D eigenvalue weighted by molar-refractivity contribution is 5.96. The number of nitrogens with one attached hydrogen (secondary N) is 1. The average Bonchev–Trinajstić information content (AvgIpc) is 2.42. The van der Waals surface area contributed by atoms with Gasteiger partial charge in [0.1, 0.15) is 0 Å². The smallest absolute Gasteiger partial charge is 0.253 e. The number of benzene rings is 1. The number of ether oxygens (including phenoxy) is 1. The number of methoxy groups -OCH3 is 1. The Bertz CT molecular complexity index is 417. The number of amides is 1. The Labute approximate surface area is 114 Å². The van der Waals surface area contributed by atoms with E-state index in [9.17, 15) is 4.79 Å². The van der Waals surface area contributed by atoms with Crippen LogP contribution in [0.2, 0.25) is 0 Å². The predicted molar refractivity (Wildman–Crippen MR) is 78.5 cm³/mol. The Morgan fingerprint density at radius 2 is 2.05 bits per heavy atom. The largest absolute Gasteiger partial charge is 0.397 e. The van der Waals surface area contributed by atoms with Gasteiger partial charge in [0, 0.05) is 32.3 Å². The summed E-state index contributed by atoms with van der Waals surface area (Å²) in [5, 5.41) is 3.16. The van der Waals surface area contributed by atoms with Crippen molar-refractivity contribution in [2.75, 3.05) is 44.4 Å². The van der Waals surface area contributed by atoms with Gasteiger partial charge in [-0.15, -0.1) is 0 Å². The van der Waals surface area contributed by atoms with Crippen LogP contribution < -0.4 is 11.1 Å². The van der Waals surface area contributed by atoms with Crippen molar-refractivity contribution in [3.8, 4) is 0 Å². The lowest BCUT2D eigenvalue weighted by Crippen LogP contribution is -2.30. The maximum absolute atomic E-state index is 12.2. The van der Waals surface area contributed by atoms with Gasteiger partial charge in [-0.25, -0.2) is 0 Å². The maximum atomic E-state index is 12.2. The molecule has 5 nitrogen and oxygen atoms in total. The minimum Gasteiger partial charge on any atom is -0.397 e. The molecule has 1 rings (SSSR count). The third-order valence-electron chi connectivity index (χ3n) is 2.97. The zero-order valence-corrected chi connectivity index (χ0v) is 11.9. The van der Waals surface area contributed by atoms with E-state index in [4.69, 9.17) is 10.5 Å². The summed E-state index contributed by atoms with van der Waals surface area (Å²) < 4.78 is 4.96. The molecule has 0 unspecified atom stereocenters. The molecular weight excluding hydrogens is 242 g/mol. The standard InChI is InChI=1S/C14H23N3O2/c1-4-17(5-2)14(18)11-6-7-13(12(15)10-11)16-8-9-19-3/h6-7,10,16H,4-5,8-9,15H2,1-3H3. The average molecular weight is 265 g/mol. The number of nitrogens with zero attached hydrogens (tertiary/aromatic N) is 1. The van der Waals surface area contributed by atoms with E-state index in [1.165, 1.54) is 0 Å². The second-order valence-electron chi connectivity index (χ2n) is 4.20. The molecule has 0 spiro atoms. The Balaban J connectivity index is 2.78. The van der Waals surface area contributed by atoms with Gasteiger partial charge in [-0.1, -0.05) is 0 Å². The monoisotopic (exact) mass is 265 g/mol. The SMILES string of the molecule is CCN(CC)C(=O)c1ccc(NCCOC)c(N)c1. The minimum atomic E-state index is 0.0140. The van der Waals surface area contributed by atoms with Crippen LogP contribution in [0.3, 0.4) is 0 Å². The fraction of sp³-hybridized carbons (Fsp3) is 0.500. The summed E-state index contributed by atoms with van der Waals surface area (Å²) in [5.74, 6) is 0.0140. The summed E-state index contributed by atoms with van der Waals surface area (Å²) in [7, 11) is 1.65. The molecule has 0 aromatic heterocycles. The molecule has 19 heavy (non-hydrogen) atoms. The second kappa shape index (κ2) is 7.63. The summed E-state index contributed by atoms with van der Waals surface area (Å²) >= 11 is 0. The number of hydrogen-bond donors (Lipinski definition) is 2. The Kier molecular flexibility index (Phi) is 6.15. The van der Waals surface area contributed by atoms with Gasteiger partial charge in [-0.2, -0.15) is 0 Å². The molecule has 0 aliphatic heterocycles. The lowest BCUT2D eigenvalue weighted by molar-refractivity contribution is 0.0773. The number of carbonyl (C=O) groups excluding carboxylic acids is 1. The van der Waals surface area contributed by atoms with Gasteiger partial charge in [0.05, 0.1) is 18.0 Å². The van der Waals surface area contributed by atoms with Crippen molar-refractivity contribution >= 4 is 17.3 Å². The van der Waals surface area contributed by atoms with Gasteiger partial charge in [-0.3, -0.25) is 4.79 Å². The van der Waals surface area contributed by atoms with Gasteiger partial charge in [-0.05, 0) is 32.0 Å². The normalized spacial score (nSPS) is 10.3. The molecule has 0 heterocycles. The second-order valence-corrected chi connectivity index (χ2v) is 4.20. The van der Waals surface area contributed by atoms with Gasteiger partial charge in [0.25, 0.3) is 5.91 Å². The van der Waals surface area contributed by atoms with E-state index in [1.807, 2.05) is 19.9 Å². The molecule has 1 aromatic carbocycles. The van der Waals surface area contributed by atoms with Crippen molar-refractivity contribution in [2.24, 2.45) is 0 Å². The third-order valence-corrected chi connectivity index (χ3v) is 2.97. The molecule has 1 aromatic rings. The molecular formula is C14H23N3O2. The summed E-state index contributed by atoms with van der Waals surface area (Å²) in [5.41, 5.74) is 7.98. The minimum absolute atomic E-state index is 0.0140. The fourth-order valence-corrected chi connectivity index (χ4v) is 1.84. The van der Waals surface area contributed by atoms with Crippen LogP contribution in [0.4, 0.5) is 11.4 Å².